The van der Waals surface area contributed by atoms with Gasteiger partial charge in [0.25, 0.3) is 0 Å². The average Bonchev–Trinajstić information content (AvgIpc) is 2.71. The van der Waals surface area contributed by atoms with E-state index in [9.17, 15) is 9.90 Å². The summed E-state index contributed by atoms with van der Waals surface area (Å²) in [7, 11) is 0. The standard InChI is InChI=1S/C12H13N3O2/c1-8-13-12(14-15(8)9(2)17)11-6-4-3-5-10(11)7-16/h3-6,16H,7H2,1-2H3. The van der Waals surface area contributed by atoms with Crippen LogP contribution in [0.15, 0.2) is 24.3 Å². The van der Waals surface area contributed by atoms with Gasteiger partial charge in [0.1, 0.15) is 5.82 Å². The zero-order chi connectivity index (χ0) is 12.4. The van der Waals surface area contributed by atoms with Crippen molar-refractivity contribution in [2.24, 2.45) is 0 Å². The van der Waals surface area contributed by atoms with Gasteiger partial charge in [-0.25, -0.2) is 4.98 Å². The minimum absolute atomic E-state index is 0.0795. The molecule has 1 N–H and O–H groups in total. The van der Waals surface area contributed by atoms with Crippen molar-refractivity contribution in [1.82, 2.24) is 14.8 Å². The Labute approximate surface area is 98.7 Å². The van der Waals surface area contributed by atoms with Gasteiger partial charge in [0.05, 0.1) is 6.61 Å². The summed E-state index contributed by atoms with van der Waals surface area (Å²) in [5.74, 6) is 0.824. The van der Waals surface area contributed by atoms with Crippen LogP contribution < -0.4 is 0 Å². The molecule has 0 amide bonds. The topological polar surface area (TPSA) is 68.0 Å². The highest BCUT2D eigenvalue weighted by Gasteiger charge is 2.13. The van der Waals surface area contributed by atoms with Gasteiger partial charge in [0.15, 0.2) is 5.82 Å². The fraction of sp³-hybridized carbons (Fsp3) is 0.250. The van der Waals surface area contributed by atoms with Gasteiger partial charge in [-0.15, -0.1) is 5.10 Å². The molecule has 0 unspecified atom stereocenters. The molecule has 0 saturated heterocycles. The van der Waals surface area contributed by atoms with Crippen LogP contribution in [0.1, 0.15) is 23.1 Å². The number of aromatic nitrogens is 3. The van der Waals surface area contributed by atoms with Crippen molar-refractivity contribution in [3.8, 4) is 11.4 Å². The number of hydrogen-bond donors (Lipinski definition) is 1. The highest BCUT2D eigenvalue weighted by atomic mass is 16.3. The predicted molar refractivity (Wildman–Crippen MR) is 62.4 cm³/mol. The number of benzene rings is 1. The normalized spacial score (nSPS) is 10.5. The van der Waals surface area contributed by atoms with Crippen LogP contribution in [-0.2, 0) is 6.61 Å². The van der Waals surface area contributed by atoms with E-state index in [2.05, 4.69) is 10.1 Å². The zero-order valence-electron chi connectivity index (χ0n) is 9.71. The number of aliphatic hydroxyl groups excluding tert-OH is 1. The molecule has 0 bridgehead atoms. The highest BCUT2D eigenvalue weighted by molar-refractivity contribution is 5.76. The fourth-order valence-electron chi connectivity index (χ4n) is 1.68. The predicted octanol–water partition coefficient (Wildman–Crippen LogP) is 1.41. The number of carbonyl (C=O) groups excluding carboxylic acids is 1. The number of rotatable bonds is 2. The molecule has 17 heavy (non-hydrogen) atoms. The molecule has 0 radical (unpaired) electrons. The Kier molecular flexibility index (Phi) is 3.01. The SMILES string of the molecule is CC(=O)n1nc(-c2ccccc2CO)nc1C. The highest BCUT2D eigenvalue weighted by Crippen LogP contribution is 2.20. The zero-order valence-corrected chi connectivity index (χ0v) is 9.71. The minimum atomic E-state index is -0.178. The molecular formula is C12H13N3O2. The van der Waals surface area contributed by atoms with E-state index in [4.69, 9.17) is 0 Å². The van der Waals surface area contributed by atoms with Gasteiger partial charge in [-0.05, 0) is 12.5 Å². The Morgan fingerprint density at radius 1 is 1.41 bits per heavy atom. The first kappa shape index (κ1) is 11.5. The molecule has 0 aliphatic rings. The second kappa shape index (κ2) is 4.47. The molecule has 0 atom stereocenters. The van der Waals surface area contributed by atoms with Crippen LogP contribution in [0.3, 0.4) is 0 Å². The Morgan fingerprint density at radius 2 is 2.12 bits per heavy atom. The lowest BCUT2D eigenvalue weighted by molar-refractivity contribution is 0.0918. The lowest BCUT2D eigenvalue weighted by atomic mass is 10.1. The monoisotopic (exact) mass is 231 g/mol. The Morgan fingerprint density at radius 3 is 2.71 bits per heavy atom. The van der Waals surface area contributed by atoms with Gasteiger partial charge < -0.3 is 5.11 Å². The molecule has 0 saturated carbocycles. The van der Waals surface area contributed by atoms with Crippen molar-refractivity contribution in [2.75, 3.05) is 0 Å². The Bertz CT molecular complexity index is 561. The molecular weight excluding hydrogens is 218 g/mol. The molecule has 0 aliphatic heterocycles. The van der Waals surface area contributed by atoms with Gasteiger partial charge in [0.2, 0.25) is 5.91 Å². The van der Waals surface area contributed by atoms with E-state index in [1.807, 2.05) is 18.2 Å². The summed E-state index contributed by atoms with van der Waals surface area (Å²) in [6.07, 6.45) is 0. The van der Waals surface area contributed by atoms with Gasteiger partial charge in [-0.3, -0.25) is 4.79 Å². The molecule has 1 heterocycles. The minimum Gasteiger partial charge on any atom is -0.392 e. The molecule has 2 rings (SSSR count). The second-order valence-electron chi connectivity index (χ2n) is 3.73. The van der Waals surface area contributed by atoms with E-state index in [1.165, 1.54) is 11.6 Å². The third-order valence-corrected chi connectivity index (χ3v) is 2.50. The summed E-state index contributed by atoms with van der Waals surface area (Å²) in [6, 6.07) is 7.31. The largest absolute Gasteiger partial charge is 0.392 e. The van der Waals surface area contributed by atoms with E-state index in [-0.39, 0.29) is 12.5 Å². The number of hydrogen-bond acceptors (Lipinski definition) is 4. The van der Waals surface area contributed by atoms with E-state index in [0.717, 1.165) is 11.1 Å². The Balaban J connectivity index is 2.53. The van der Waals surface area contributed by atoms with Gasteiger partial charge in [-0.1, -0.05) is 24.3 Å². The third-order valence-electron chi connectivity index (χ3n) is 2.50. The summed E-state index contributed by atoms with van der Waals surface area (Å²) in [5, 5.41) is 13.4. The summed E-state index contributed by atoms with van der Waals surface area (Å²) in [6.45, 7) is 3.08. The van der Waals surface area contributed by atoms with E-state index < -0.39 is 0 Å². The van der Waals surface area contributed by atoms with E-state index in [0.29, 0.717) is 11.6 Å². The van der Waals surface area contributed by atoms with Crippen molar-refractivity contribution in [2.45, 2.75) is 20.5 Å². The van der Waals surface area contributed by atoms with Crippen molar-refractivity contribution < 1.29 is 9.90 Å². The number of carbonyl (C=O) groups is 1. The van der Waals surface area contributed by atoms with Gasteiger partial charge in [-0.2, -0.15) is 4.68 Å². The fourth-order valence-corrected chi connectivity index (χ4v) is 1.68. The average molecular weight is 231 g/mol. The van der Waals surface area contributed by atoms with Crippen LogP contribution >= 0.6 is 0 Å². The van der Waals surface area contributed by atoms with Crippen molar-refractivity contribution in [3.05, 3.63) is 35.7 Å². The molecule has 5 nitrogen and oxygen atoms in total. The van der Waals surface area contributed by atoms with Crippen LogP contribution in [0.4, 0.5) is 0 Å². The lowest BCUT2D eigenvalue weighted by Gasteiger charge is -2.01. The van der Waals surface area contributed by atoms with Crippen molar-refractivity contribution >= 4 is 5.91 Å². The van der Waals surface area contributed by atoms with Crippen molar-refractivity contribution in [1.29, 1.82) is 0 Å². The lowest BCUT2D eigenvalue weighted by Crippen LogP contribution is -2.09. The maximum absolute atomic E-state index is 11.3. The maximum atomic E-state index is 11.3. The smallest absolute Gasteiger partial charge is 0.245 e. The molecule has 0 fully saturated rings. The van der Waals surface area contributed by atoms with Crippen LogP contribution in [0.25, 0.3) is 11.4 Å². The van der Waals surface area contributed by atoms with Crippen LogP contribution in [0.5, 0.6) is 0 Å². The van der Waals surface area contributed by atoms with E-state index >= 15 is 0 Å². The number of aliphatic hydroxyl groups is 1. The molecule has 0 aliphatic carbocycles. The molecule has 0 spiro atoms. The van der Waals surface area contributed by atoms with Crippen molar-refractivity contribution in [3.63, 3.8) is 0 Å². The summed E-state index contributed by atoms with van der Waals surface area (Å²) in [5.41, 5.74) is 1.49. The summed E-state index contributed by atoms with van der Waals surface area (Å²) in [4.78, 5) is 15.5. The number of aryl methyl sites for hydroxylation is 1. The quantitative estimate of drug-likeness (QED) is 0.848. The maximum Gasteiger partial charge on any atom is 0.245 e. The van der Waals surface area contributed by atoms with E-state index in [1.54, 1.807) is 13.0 Å². The molecule has 1 aromatic carbocycles. The van der Waals surface area contributed by atoms with Crippen LogP contribution in [-0.4, -0.2) is 25.8 Å². The first-order valence-corrected chi connectivity index (χ1v) is 5.27. The molecule has 5 heteroatoms. The first-order valence-electron chi connectivity index (χ1n) is 5.27. The van der Waals surface area contributed by atoms with Gasteiger partial charge in [0, 0.05) is 12.5 Å². The molecule has 2 aromatic rings. The molecule has 88 valence electrons. The van der Waals surface area contributed by atoms with Gasteiger partial charge >= 0.3 is 0 Å². The Hall–Kier alpha value is -2.01. The summed E-state index contributed by atoms with van der Waals surface area (Å²) >= 11 is 0. The second-order valence-corrected chi connectivity index (χ2v) is 3.73. The number of nitrogens with zero attached hydrogens (tertiary/aromatic N) is 3. The van der Waals surface area contributed by atoms with Crippen LogP contribution in [0, 0.1) is 6.92 Å². The van der Waals surface area contributed by atoms with Crippen LogP contribution in [0.2, 0.25) is 0 Å². The third kappa shape index (κ3) is 2.09. The summed E-state index contributed by atoms with van der Waals surface area (Å²) < 4.78 is 1.25. The first-order chi connectivity index (χ1) is 8.13. The molecule has 1 aromatic heterocycles.